The van der Waals surface area contributed by atoms with Gasteiger partial charge >= 0.3 is 5.97 Å². The first kappa shape index (κ1) is 24.3. The molecule has 1 N–H and O–H groups in total. The third-order valence-electron chi connectivity index (χ3n) is 5.23. The molecule has 0 radical (unpaired) electrons. The van der Waals surface area contributed by atoms with Gasteiger partial charge in [0.1, 0.15) is 23.2 Å². The molecule has 0 heterocycles. The SMILES string of the molecule is CBr.O=C(O)CCCCCC[P+](c1ccccc1)(c1ccccc1)c1ccccc1. The largest absolute Gasteiger partial charge is 0.481 e. The second kappa shape index (κ2) is 13.4. The van der Waals surface area contributed by atoms with Crippen LogP contribution in [-0.4, -0.2) is 23.1 Å². The maximum Gasteiger partial charge on any atom is 0.303 e. The van der Waals surface area contributed by atoms with Gasteiger partial charge in [0.05, 0.1) is 6.16 Å². The highest BCUT2D eigenvalue weighted by atomic mass is 79.9. The number of alkyl halides is 1. The summed E-state index contributed by atoms with van der Waals surface area (Å²) in [6, 6.07) is 32.8. The monoisotopic (exact) mass is 485 g/mol. The lowest BCUT2D eigenvalue weighted by atomic mass is 10.2. The van der Waals surface area contributed by atoms with E-state index in [0.717, 1.165) is 31.8 Å². The lowest BCUT2D eigenvalue weighted by Crippen LogP contribution is -2.33. The molecule has 0 aliphatic rings. The van der Waals surface area contributed by atoms with Crippen LogP contribution >= 0.6 is 23.2 Å². The number of aliphatic carboxylic acids is 1. The van der Waals surface area contributed by atoms with E-state index in [4.69, 9.17) is 5.11 Å². The van der Waals surface area contributed by atoms with Crippen LogP contribution in [-0.2, 0) is 4.79 Å². The van der Waals surface area contributed by atoms with Crippen molar-refractivity contribution in [1.29, 1.82) is 0 Å². The maximum atomic E-state index is 10.8. The Kier molecular flexibility index (Phi) is 10.8. The molecular formula is C26H31BrO2P+. The smallest absolute Gasteiger partial charge is 0.303 e. The maximum absolute atomic E-state index is 10.8. The van der Waals surface area contributed by atoms with Gasteiger partial charge in [-0.3, -0.25) is 4.79 Å². The van der Waals surface area contributed by atoms with Crippen LogP contribution in [0.2, 0.25) is 0 Å². The number of rotatable bonds is 10. The summed E-state index contributed by atoms with van der Waals surface area (Å²) in [7, 11) is -1.74. The van der Waals surface area contributed by atoms with Gasteiger partial charge in [0.25, 0.3) is 0 Å². The molecule has 0 unspecified atom stereocenters. The lowest BCUT2D eigenvalue weighted by molar-refractivity contribution is -0.137. The van der Waals surface area contributed by atoms with Gasteiger partial charge in [0, 0.05) is 6.42 Å². The van der Waals surface area contributed by atoms with Crippen LogP contribution in [0.1, 0.15) is 32.1 Å². The van der Waals surface area contributed by atoms with Crippen molar-refractivity contribution in [3.63, 3.8) is 0 Å². The van der Waals surface area contributed by atoms with Gasteiger partial charge in [0.15, 0.2) is 0 Å². The molecule has 0 fully saturated rings. The van der Waals surface area contributed by atoms with E-state index in [2.05, 4.69) is 107 Å². The zero-order valence-corrected chi connectivity index (χ0v) is 20.1. The zero-order valence-electron chi connectivity index (χ0n) is 17.6. The molecule has 0 amide bonds. The third kappa shape index (κ3) is 6.52. The molecule has 3 aromatic rings. The van der Waals surface area contributed by atoms with Crippen molar-refractivity contribution in [3.05, 3.63) is 91.0 Å². The molecule has 0 aromatic heterocycles. The Morgan fingerprint density at radius 3 is 1.40 bits per heavy atom. The molecule has 0 aliphatic heterocycles. The molecule has 0 aliphatic carbocycles. The number of carboxylic acid groups (broad SMARTS) is 1. The Morgan fingerprint density at radius 1 is 0.667 bits per heavy atom. The van der Waals surface area contributed by atoms with E-state index in [1.54, 1.807) is 0 Å². The fourth-order valence-corrected chi connectivity index (χ4v) is 8.27. The predicted octanol–water partition coefficient (Wildman–Crippen LogP) is 6.03. The minimum absolute atomic E-state index is 0.274. The van der Waals surface area contributed by atoms with Crippen LogP contribution in [0, 0.1) is 0 Å². The minimum Gasteiger partial charge on any atom is -0.481 e. The van der Waals surface area contributed by atoms with E-state index in [1.807, 2.05) is 5.83 Å². The van der Waals surface area contributed by atoms with Gasteiger partial charge in [-0.2, -0.15) is 0 Å². The predicted molar refractivity (Wildman–Crippen MR) is 136 cm³/mol. The van der Waals surface area contributed by atoms with E-state index in [-0.39, 0.29) is 6.42 Å². The standard InChI is InChI=1S/C25H27O2P.CH3Br/c26-25(27)20-12-1-2-13-21-28(22-14-6-3-7-15-22,23-16-8-4-9-17-23)24-18-10-5-11-19-24;1-2/h3-11,14-19H,1-2,12-13,20-21H2;1H3/p+1. The average molecular weight is 486 g/mol. The molecule has 2 nitrogen and oxygen atoms in total. The molecule has 3 rings (SSSR count). The van der Waals surface area contributed by atoms with Crippen molar-refractivity contribution in [2.24, 2.45) is 0 Å². The van der Waals surface area contributed by atoms with E-state index < -0.39 is 13.2 Å². The highest BCUT2D eigenvalue weighted by Gasteiger charge is 2.44. The number of hydrogen-bond donors (Lipinski definition) is 1. The number of carbonyl (C=O) groups is 1. The summed E-state index contributed by atoms with van der Waals surface area (Å²) < 4.78 is 0. The molecule has 0 bridgehead atoms. The molecule has 0 saturated carbocycles. The van der Waals surface area contributed by atoms with Crippen LogP contribution in [0.5, 0.6) is 0 Å². The number of carboxylic acids is 1. The van der Waals surface area contributed by atoms with Gasteiger partial charge < -0.3 is 5.11 Å². The molecule has 158 valence electrons. The van der Waals surface area contributed by atoms with Crippen LogP contribution in [0.4, 0.5) is 0 Å². The van der Waals surface area contributed by atoms with Crippen molar-refractivity contribution in [3.8, 4) is 0 Å². The topological polar surface area (TPSA) is 37.3 Å². The number of halogens is 1. The van der Waals surface area contributed by atoms with Gasteiger partial charge in [-0.25, -0.2) is 0 Å². The highest BCUT2D eigenvalue weighted by Crippen LogP contribution is 2.55. The summed E-state index contributed by atoms with van der Waals surface area (Å²) >= 11 is 2.94. The second-order valence-electron chi connectivity index (χ2n) is 7.10. The Hall–Kier alpha value is -1.96. The Labute approximate surface area is 189 Å². The Bertz CT molecular complexity index is 757. The summed E-state index contributed by atoms with van der Waals surface area (Å²) in [5, 5.41) is 13.1. The van der Waals surface area contributed by atoms with E-state index in [9.17, 15) is 4.79 Å². The number of unbranched alkanes of at least 4 members (excludes halogenated alkanes) is 3. The van der Waals surface area contributed by atoms with Crippen molar-refractivity contribution < 1.29 is 9.90 Å². The van der Waals surface area contributed by atoms with Crippen molar-refractivity contribution >= 4 is 45.1 Å². The molecule has 0 spiro atoms. The zero-order chi connectivity index (χ0) is 21.7. The van der Waals surface area contributed by atoms with E-state index in [1.165, 1.54) is 15.9 Å². The summed E-state index contributed by atoms with van der Waals surface area (Å²) in [4.78, 5) is 10.8. The minimum atomic E-state index is -1.74. The molecule has 4 heteroatoms. The van der Waals surface area contributed by atoms with Crippen LogP contribution in [0.25, 0.3) is 0 Å². The first-order valence-electron chi connectivity index (χ1n) is 10.4. The second-order valence-corrected chi connectivity index (χ2v) is 10.7. The van der Waals surface area contributed by atoms with Gasteiger partial charge in [-0.1, -0.05) is 76.9 Å². The summed E-state index contributed by atoms with van der Waals surface area (Å²) in [5.41, 5.74) is 0. The highest BCUT2D eigenvalue weighted by molar-refractivity contribution is 9.08. The Balaban J connectivity index is 0.00000155. The van der Waals surface area contributed by atoms with Gasteiger partial charge in [0.2, 0.25) is 0 Å². The summed E-state index contributed by atoms with van der Waals surface area (Å²) in [6.45, 7) is 0. The van der Waals surface area contributed by atoms with Crippen LogP contribution in [0.3, 0.4) is 0 Å². The first-order chi connectivity index (χ1) is 14.7. The van der Waals surface area contributed by atoms with Crippen molar-refractivity contribution in [2.45, 2.75) is 32.1 Å². The molecular weight excluding hydrogens is 455 g/mol. The van der Waals surface area contributed by atoms with Gasteiger partial charge in [-0.05, 0) is 61.5 Å². The first-order valence-corrected chi connectivity index (χ1v) is 13.9. The van der Waals surface area contributed by atoms with Crippen LogP contribution < -0.4 is 15.9 Å². The number of benzene rings is 3. The van der Waals surface area contributed by atoms with Crippen molar-refractivity contribution in [1.82, 2.24) is 0 Å². The molecule has 0 saturated heterocycles. The molecule has 3 aromatic carbocycles. The van der Waals surface area contributed by atoms with Crippen molar-refractivity contribution in [2.75, 3.05) is 12.0 Å². The molecule has 30 heavy (non-hydrogen) atoms. The summed E-state index contributed by atoms with van der Waals surface area (Å²) in [6.07, 6.45) is 5.30. The van der Waals surface area contributed by atoms with E-state index in [0.29, 0.717) is 0 Å². The normalized spacial score (nSPS) is 10.7. The number of hydrogen-bond acceptors (Lipinski definition) is 1. The average Bonchev–Trinajstić information content (AvgIpc) is 2.82. The van der Waals surface area contributed by atoms with Gasteiger partial charge in [-0.15, -0.1) is 0 Å². The van der Waals surface area contributed by atoms with Crippen LogP contribution in [0.15, 0.2) is 91.0 Å². The molecule has 0 atom stereocenters. The summed E-state index contributed by atoms with van der Waals surface area (Å²) in [5.74, 6) is 1.12. The lowest BCUT2D eigenvalue weighted by Gasteiger charge is -2.27. The third-order valence-corrected chi connectivity index (χ3v) is 9.75. The fraction of sp³-hybridized carbons (Fsp3) is 0.269. The quantitative estimate of drug-likeness (QED) is 0.216. The Morgan fingerprint density at radius 2 is 1.03 bits per heavy atom. The fourth-order valence-electron chi connectivity index (χ4n) is 3.86. The van der Waals surface area contributed by atoms with E-state index >= 15 is 0 Å².